The molecule has 2 aromatic carbocycles. The lowest BCUT2D eigenvalue weighted by atomic mass is 9.96. The van der Waals surface area contributed by atoms with E-state index >= 15 is 0 Å². The molecule has 2 amide bonds. The third kappa shape index (κ3) is 3.91. The fourth-order valence-electron chi connectivity index (χ4n) is 4.33. The van der Waals surface area contributed by atoms with Gasteiger partial charge in [-0.05, 0) is 18.2 Å². The molecule has 174 valence electrons. The second-order valence-electron chi connectivity index (χ2n) is 7.57. The lowest BCUT2D eigenvalue weighted by Crippen LogP contribution is -2.68. The molecule has 1 atom stereocenters. The highest BCUT2D eigenvalue weighted by molar-refractivity contribution is 6.15. The van der Waals surface area contributed by atoms with E-state index < -0.39 is 24.2 Å². The Morgan fingerprint density at radius 1 is 1.12 bits per heavy atom. The van der Waals surface area contributed by atoms with Crippen LogP contribution in [0.2, 0.25) is 0 Å². The summed E-state index contributed by atoms with van der Waals surface area (Å²) in [7, 11) is 1.46. The first-order valence-electron chi connectivity index (χ1n) is 10.3. The number of carbonyl (C=O) groups is 3. The van der Waals surface area contributed by atoms with Gasteiger partial charge in [0.25, 0.3) is 5.91 Å². The summed E-state index contributed by atoms with van der Waals surface area (Å²) in [5.41, 5.74) is -0.844. The van der Waals surface area contributed by atoms with Gasteiger partial charge in [0.1, 0.15) is 12.4 Å². The lowest BCUT2D eigenvalue weighted by molar-refractivity contribution is -0.159. The van der Waals surface area contributed by atoms with Gasteiger partial charge < -0.3 is 19.1 Å². The van der Waals surface area contributed by atoms with Crippen molar-refractivity contribution in [2.45, 2.75) is 31.7 Å². The summed E-state index contributed by atoms with van der Waals surface area (Å²) < 4.78 is 40.6. The molecule has 2 aromatic rings. The van der Waals surface area contributed by atoms with Crippen molar-refractivity contribution >= 4 is 23.5 Å². The molecule has 1 saturated heterocycles. The summed E-state index contributed by atoms with van der Waals surface area (Å²) >= 11 is 0. The third-order valence-electron chi connectivity index (χ3n) is 5.77. The van der Waals surface area contributed by atoms with E-state index in [0.29, 0.717) is 11.3 Å². The summed E-state index contributed by atoms with van der Waals surface area (Å²) in [5.74, 6) is -1.71. The molecule has 0 bridgehead atoms. The average Bonchev–Trinajstić information content (AvgIpc) is 3.16. The number of hydrogen-bond acceptors (Lipinski definition) is 6. The maximum atomic E-state index is 13.5. The number of methoxy groups -OCH3 is 1. The molecule has 1 unspecified atom stereocenters. The van der Waals surface area contributed by atoms with Crippen molar-refractivity contribution in [1.29, 1.82) is 0 Å². The molecule has 0 saturated carbocycles. The van der Waals surface area contributed by atoms with Crippen molar-refractivity contribution in [3.8, 4) is 5.75 Å². The van der Waals surface area contributed by atoms with Crippen LogP contribution in [0.3, 0.4) is 0 Å². The molecule has 2 aliphatic heterocycles. The van der Waals surface area contributed by atoms with Gasteiger partial charge in [0.15, 0.2) is 0 Å². The van der Waals surface area contributed by atoms with Gasteiger partial charge in [-0.25, -0.2) is 4.79 Å². The first-order chi connectivity index (χ1) is 15.9. The number of anilines is 1. The maximum Gasteiger partial charge on any atom is 0.387 e. The van der Waals surface area contributed by atoms with E-state index in [1.807, 2.05) is 0 Å². The number of rotatable bonds is 8. The zero-order chi connectivity index (χ0) is 23.6. The van der Waals surface area contributed by atoms with Gasteiger partial charge >= 0.3 is 12.6 Å². The van der Waals surface area contributed by atoms with Crippen LogP contribution in [0.25, 0.3) is 0 Å². The summed E-state index contributed by atoms with van der Waals surface area (Å²) in [6.45, 7) is -3.23. The van der Waals surface area contributed by atoms with Gasteiger partial charge in [-0.3, -0.25) is 14.5 Å². The van der Waals surface area contributed by atoms with E-state index in [0.717, 1.165) is 0 Å². The van der Waals surface area contributed by atoms with E-state index in [1.54, 1.807) is 30.3 Å². The molecule has 2 aliphatic rings. The fourth-order valence-corrected chi connectivity index (χ4v) is 4.33. The maximum absolute atomic E-state index is 13.5. The van der Waals surface area contributed by atoms with Crippen molar-refractivity contribution < 1.29 is 37.4 Å². The highest BCUT2D eigenvalue weighted by atomic mass is 19.3. The Kier molecular flexibility index (Phi) is 6.28. The summed E-state index contributed by atoms with van der Waals surface area (Å²) in [6, 6.07) is 12.5. The van der Waals surface area contributed by atoms with E-state index in [1.165, 1.54) is 35.1 Å². The normalized spacial score (nSPS) is 19.5. The quantitative estimate of drug-likeness (QED) is 0.563. The number of fused-ring (bicyclic) bond motifs is 3. The molecule has 2 heterocycles. The standard InChI is InChI=1S/C23H22F2N2O6/c1-31-13-12-26-20(29)16-7-3-4-8-17(16)27-19(28)10-11-23(26,27)21(30)32-14-15-6-2-5-9-18(15)33-22(24)25/h2-9,22H,10-14H2,1H3. The van der Waals surface area contributed by atoms with Gasteiger partial charge in [0, 0.05) is 32.1 Å². The molecule has 4 rings (SSSR count). The average molecular weight is 460 g/mol. The Hall–Kier alpha value is -3.53. The van der Waals surface area contributed by atoms with E-state index in [-0.39, 0.29) is 49.8 Å². The van der Waals surface area contributed by atoms with Crippen LogP contribution >= 0.6 is 0 Å². The highest BCUT2D eigenvalue weighted by Gasteiger charge is 2.61. The molecule has 0 aliphatic carbocycles. The van der Waals surface area contributed by atoms with Crippen molar-refractivity contribution in [2.24, 2.45) is 0 Å². The van der Waals surface area contributed by atoms with Gasteiger partial charge in [0.2, 0.25) is 11.6 Å². The molecule has 0 radical (unpaired) electrons. The molecule has 0 N–H and O–H groups in total. The van der Waals surface area contributed by atoms with Crippen LogP contribution in [-0.4, -0.2) is 55.2 Å². The minimum Gasteiger partial charge on any atom is -0.458 e. The Morgan fingerprint density at radius 2 is 1.85 bits per heavy atom. The number of esters is 1. The topological polar surface area (TPSA) is 85.4 Å². The second-order valence-corrected chi connectivity index (χ2v) is 7.57. The molecule has 1 fully saturated rings. The first kappa shape index (κ1) is 22.7. The third-order valence-corrected chi connectivity index (χ3v) is 5.77. The second kappa shape index (κ2) is 9.14. The van der Waals surface area contributed by atoms with Crippen LogP contribution in [0, 0.1) is 0 Å². The highest BCUT2D eigenvalue weighted by Crippen LogP contribution is 2.45. The van der Waals surface area contributed by atoms with Gasteiger partial charge in [-0.2, -0.15) is 8.78 Å². The minimum absolute atomic E-state index is 0.0314. The van der Waals surface area contributed by atoms with E-state index in [4.69, 9.17) is 9.47 Å². The Labute approximate surface area is 188 Å². The van der Waals surface area contributed by atoms with Crippen LogP contribution in [-0.2, 0) is 25.7 Å². The first-order valence-corrected chi connectivity index (χ1v) is 10.3. The van der Waals surface area contributed by atoms with Crippen molar-refractivity contribution in [2.75, 3.05) is 25.2 Å². The number of hydrogen-bond donors (Lipinski definition) is 0. The van der Waals surface area contributed by atoms with Gasteiger partial charge in [-0.1, -0.05) is 30.3 Å². The minimum atomic E-state index is -3.04. The number of amides is 2. The van der Waals surface area contributed by atoms with Crippen LogP contribution in [0.5, 0.6) is 5.75 Å². The summed E-state index contributed by atoms with van der Waals surface area (Å²) in [5, 5.41) is 0. The van der Waals surface area contributed by atoms with Crippen molar-refractivity contribution in [1.82, 2.24) is 4.90 Å². The number of benzene rings is 2. The smallest absolute Gasteiger partial charge is 0.387 e. The van der Waals surface area contributed by atoms with Crippen molar-refractivity contribution in [3.05, 3.63) is 59.7 Å². The van der Waals surface area contributed by atoms with Crippen LogP contribution in [0.1, 0.15) is 28.8 Å². The van der Waals surface area contributed by atoms with Crippen molar-refractivity contribution in [3.63, 3.8) is 0 Å². The number of nitrogens with zero attached hydrogens (tertiary/aromatic N) is 2. The number of halogens is 2. The Balaban J connectivity index is 1.70. The molecule has 10 heteroatoms. The zero-order valence-electron chi connectivity index (χ0n) is 17.8. The number of alkyl halides is 2. The Morgan fingerprint density at radius 3 is 2.61 bits per heavy atom. The monoisotopic (exact) mass is 460 g/mol. The molecule has 33 heavy (non-hydrogen) atoms. The van der Waals surface area contributed by atoms with Crippen LogP contribution in [0.15, 0.2) is 48.5 Å². The molecule has 0 aromatic heterocycles. The fraction of sp³-hybridized carbons (Fsp3) is 0.348. The van der Waals surface area contributed by atoms with Crippen LogP contribution < -0.4 is 9.64 Å². The summed E-state index contributed by atoms with van der Waals surface area (Å²) in [4.78, 5) is 42.4. The number of para-hydroxylation sites is 2. The summed E-state index contributed by atoms with van der Waals surface area (Å²) in [6.07, 6.45) is 0.0644. The van der Waals surface area contributed by atoms with Crippen LogP contribution in [0.4, 0.5) is 14.5 Å². The number of carbonyl (C=O) groups excluding carboxylic acids is 3. The lowest BCUT2D eigenvalue weighted by Gasteiger charge is -2.48. The predicted molar refractivity (Wildman–Crippen MR) is 112 cm³/mol. The molecular formula is C23H22F2N2O6. The SMILES string of the molecule is COCCN1C(=O)c2ccccc2N2C(=O)CCC12C(=O)OCc1ccccc1OC(F)F. The van der Waals surface area contributed by atoms with E-state index in [2.05, 4.69) is 4.74 Å². The van der Waals surface area contributed by atoms with E-state index in [9.17, 15) is 23.2 Å². The Bertz CT molecular complexity index is 1080. The zero-order valence-corrected chi connectivity index (χ0v) is 17.8. The largest absolute Gasteiger partial charge is 0.458 e. The number of ether oxygens (including phenoxy) is 3. The predicted octanol–water partition coefficient (Wildman–Crippen LogP) is 2.96. The van der Waals surface area contributed by atoms with Gasteiger partial charge in [0.05, 0.1) is 17.9 Å². The molecular weight excluding hydrogens is 438 g/mol. The molecule has 8 nitrogen and oxygen atoms in total. The molecule has 0 spiro atoms. The van der Waals surface area contributed by atoms with Gasteiger partial charge in [-0.15, -0.1) is 0 Å².